The lowest BCUT2D eigenvalue weighted by Crippen LogP contribution is -2.06. The zero-order valence-electron chi connectivity index (χ0n) is 9.71. The number of anilines is 1. The normalized spacial score (nSPS) is 10.4. The molecule has 2 aromatic rings. The van der Waals surface area contributed by atoms with E-state index in [1.54, 1.807) is 36.4 Å². The molecule has 0 amide bonds. The number of hydrogen-bond acceptors (Lipinski definition) is 2. The first kappa shape index (κ1) is 12.9. The molecule has 0 bridgehead atoms. The van der Waals surface area contributed by atoms with Gasteiger partial charge in [0.2, 0.25) is 0 Å². The van der Waals surface area contributed by atoms with E-state index in [-0.39, 0.29) is 5.78 Å². The number of nitrogens with two attached hydrogens (primary N) is 1. The van der Waals surface area contributed by atoms with Crippen molar-refractivity contribution in [2.45, 2.75) is 6.92 Å². The van der Waals surface area contributed by atoms with E-state index < -0.39 is 0 Å². The van der Waals surface area contributed by atoms with Crippen LogP contribution >= 0.6 is 23.2 Å². The summed E-state index contributed by atoms with van der Waals surface area (Å²) in [6.07, 6.45) is 0. The predicted molar refractivity (Wildman–Crippen MR) is 75.5 cm³/mol. The summed E-state index contributed by atoms with van der Waals surface area (Å²) in [5, 5.41) is 0.701. The van der Waals surface area contributed by atoms with Gasteiger partial charge in [-0.1, -0.05) is 29.3 Å². The summed E-state index contributed by atoms with van der Waals surface area (Å²) in [6, 6.07) is 10.1. The average molecular weight is 280 g/mol. The Hall–Kier alpha value is -1.51. The number of halogens is 2. The van der Waals surface area contributed by atoms with Crippen molar-refractivity contribution < 1.29 is 4.79 Å². The molecule has 4 heteroatoms. The maximum Gasteiger partial charge on any atom is 0.196 e. The highest BCUT2D eigenvalue weighted by molar-refractivity contribution is 6.41. The van der Waals surface area contributed by atoms with Gasteiger partial charge >= 0.3 is 0 Å². The summed E-state index contributed by atoms with van der Waals surface area (Å²) in [5.41, 5.74) is 7.97. The van der Waals surface area contributed by atoms with Gasteiger partial charge in [0, 0.05) is 11.3 Å². The monoisotopic (exact) mass is 279 g/mol. The molecular formula is C14H11Cl2NO. The van der Waals surface area contributed by atoms with E-state index in [2.05, 4.69) is 0 Å². The molecule has 18 heavy (non-hydrogen) atoms. The van der Waals surface area contributed by atoms with E-state index in [9.17, 15) is 4.79 Å². The molecule has 2 aromatic carbocycles. The Labute approximate surface area is 115 Å². The molecule has 0 spiro atoms. The number of hydrogen-bond donors (Lipinski definition) is 1. The quantitative estimate of drug-likeness (QED) is 0.664. The van der Waals surface area contributed by atoms with Crippen LogP contribution in [0.3, 0.4) is 0 Å². The molecule has 0 aliphatic heterocycles. The van der Waals surface area contributed by atoms with Gasteiger partial charge in [-0.25, -0.2) is 0 Å². The largest absolute Gasteiger partial charge is 0.399 e. The van der Waals surface area contributed by atoms with Crippen molar-refractivity contribution in [2.75, 3.05) is 5.73 Å². The Morgan fingerprint density at radius 2 is 1.72 bits per heavy atom. The second kappa shape index (κ2) is 5.01. The molecule has 2 N–H and O–H groups in total. The topological polar surface area (TPSA) is 43.1 Å². The Balaban J connectivity index is 2.55. The number of carbonyl (C=O) groups is 1. The van der Waals surface area contributed by atoms with Crippen molar-refractivity contribution in [3.63, 3.8) is 0 Å². The van der Waals surface area contributed by atoms with E-state index in [0.717, 1.165) is 5.56 Å². The lowest BCUT2D eigenvalue weighted by Gasteiger charge is -2.09. The summed E-state index contributed by atoms with van der Waals surface area (Å²) in [4.78, 5) is 12.4. The van der Waals surface area contributed by atoms with Gasteiger partial charge < -0.3 is 5.73 Å². The van der Waals surface area contributed by atoms with Crippen LogP contribution in [0.4, 0.5) is 5.69 Å². The Morgan fingerprint density at radius 3 is 2.28 bits per heavy atom. The van der Waals surface area contributed by atoms with Gasteiger partial charge in [0.25, 0.3) is 0 Å². The standard InChI is InChI=1S/C14H11Cl2NO/c1-8-7-9(17)5-6-10(8)14(18)13-11(15)3-2-4-12(13)16/h2-7H,17H2,1H3. The van der Waals surface area contributed by atoms with Gasteiger partial charge in [-0.15, -0.1) is 0 Å². The summed E-state index contributed by atoms with van der Waals surface area (Å²) in [5.74, 6) is -0.192. The van der Waals surface area contributed by atoms with Crippen molar-refractivity contribution in [2.24, 2.45) is 0 Å². The number of rotatable bonds is 2. The lowest BCUT2D eigenvalue weighted by atomic mass is 9.98. The third-order valence-electron chi connectivity index (χ3n) is 2.68. The maximum atomic E-state index is 12.4. The van der Waals surface area contributed by atoms with E-state index in [0.29, 0.717) is 26.9 Å². The van der Waals surface area contributed by atoms with Gasteiger partial charge in [-0.2, -0.15) is 0 Å². The van der Waals surface area contributed by atoms with Crippen LogP contribution in [-0.2, 0) is 0 Å². The van der Waals surface area contributed by atoms with Gasteiger partial charge in [0.15, 0.2) is 5.78 Å². The Morgan fingerprint density at radius 1 is 1.11 bits per heavy atom. The molecular weight excluding hydrogens is 269 g/mol. The van der Waals surface area contributed by atoms with Crippen LogP contribution in [0.2, 0.25) is 10.0 Å². The van der Waals surface area contributed by atoms with Crippen LogP contribution in [0.15, 0.2) is 36.4 Å². The molecule has 0 aromatic heterocycles. The SMILES string of the molecule is Cc1cc(N)ccc1C(=O)c1c(Cl)cccc1Cl. The average Bonchev–Trinajstić information content (AvgIpc) is 2.28. The third-order valence-corrected chi connectivity index (χ3v) is 3.31. The van der Waals surface area contributed by atoms with Crippen LogP contribution in [0.5, 0.6) is 0 Å². The fourth-order valence-corrected chi connectivity index (χ4v) is 2.36. The Kier molecular flexibility index (Phi) is 3.60. The summed E-state index contributed by atoms with van der Waals surface area (Å²) >= 11 is 12.1. The lowest BCUT2D eigenvalue weighted by molar-refractivity contribution is 0.103. The Bertz CT molecular complexity index is 603. The van der Waals surface area contributed by atoms with E-state index in [1.807, 2.05) is 6.92 Å². The minimum Gasteiger partial charge on any atom is -0.399 e. The molecule has 0 saturated carbocycles. The molecule has 0 fully saturated rings. The summed E-state index contributed by atoms with van der Waals surface area (Å²) in [7, 11) is 0. The molecule has 0 saturated heterocycles. The van der Waals surface area contributed by atoms with Gasteiger partial charge in [-0.05, 0) is 42.8 Å². The molecule has 0 aliphatic rings. The van der Waals surface area contributed by atoms with Gasteiger partial charge in [0.05, 0.1) is 15.6 Å². The highest BCUT2D eigenvalue weighted by Gasteiger charge is 2.17. The van der Waals surface area contributed by atoms with Crippen LogP contribution in [0, 0.1) is 6.92 Å². The van der Waals surface area contributed by atoms with Crippen LogP contribution in [0.25, 0.3) is 0 Å². The highest BCUT2D eigenvalue weighted by atomic mass is 35.5. The fraction of sp³-hybridized carbons (Fsp3) is 0.0714. The van der Waals surface area contributed by atoms with Crippen LogP contribution in [-0.4, -0.2) is 5.78 Å². The van der Waals surface area contributed by atoms with E-state index in [4.69, 9.17) is 28.9 Å². The van der Waals surface area contributed by atoms with Crippen molar-refractivity contribution in [3.8, 4) is 0 Å². The molecule has 0 radical (unpaired) electrons. The van der Waals surface area contributed by atoms with Crippen molar-refractivity contribution >= 4 is 34.7 Å². The minimum absolute atomic E-state index is 0.192. The molecule has 0 atom stereocenters. The number of aryl methyl sites for hydroxylation is 1. The molecule has 0 aliphatic carbocycles. The van der Waals surface area contributed by atoms with E-state index in [1.165, 1.54) is 0 Å². The van der Waals surface area contributed by atoms with Crippen LogP contribution in [0.1, 0.15) is 21.5 Å². The summed E-state index contributed by atoms with van der Waals surface area (Å²) in [6.45, 7) is 1.83. The van der Waals surface area contributed by atoms with E-state index >= 15 is 0 Å². The second-order valence-electron chi connectivity index (χ2n) is 4.00. The molecule has 0 heterocycles. The zero-order valence-corrected chi connectivity index (χ0v) is 11.2. The zero-order chi connectivity index (χ0) is 13.3. The first-order chi connectivity index (χ1) is 8.50. The van der Waals surface area contributed by atoms with Crippen molar-refractivity contribution in [3.05, 3.63) is 63.1 Å². The number of benzene rings is 2. The van der Waals surface area contributed by atoms with Gasteiger partial charge in [0.1, 0.15) is 0 Å². The minimum atomic E-state index is -0.192. The molecule has 92 valence electrons. The smallest absolute Gasteiger partial charge is 0.196 e. The first-order valence-corrected chi connectivity index (χ1v) is 6.11. The molecule has 2 rings (SSSR count). The molecule has 0 unspecified atom stereocenters. The summed E-state index contributed by atoms with van der Waals surface area (Å²) < 4.78 is 0. The van der Waals surface area contributed by atoms with Crippen molar-refractivity contribution in [1.82, 2.24) is 0 Å². The second-order valence-corrected chi connectivity index (χ2v) is 4.81. The van der Waals surface area contributed by atoms with Gasteiger partial charge in [-0.3, -0.25) is 4.79 Å². The predicted octanol–water partition coefficient (Wildman–Crippen LogP) is 4.12. The highest BCUT2D eigenvalue weighted by Crippen LogP contribution is 2.28. The number of nitrogen functional groups attached to an aromatic ring is 1. The molecule has 2 nitrogen and oxygen atoms in total. The van der Waals surface area contributed by atoms with Crippen molar-refractivity contribution in [1.29, 1.82) is 0 Å². The number of carbonyl (C=O) groups excluding carboxylic acids is 1. The maximum absolute atomic E-state index is 12.4. The fourth-order valence-electron chi connectivity index (χ4n) is 1.79. The van der Waals surface area contributed by atoms with Crippen LogP contribution < -0.4 is 5.73 Å². The third kappa shape index (κ3) is 2.35. The first-order valence-electron chi connectivity index (χ1n) is 5.35. The number of ketones is 1.